The van der Waals surface area contributed by atoms with E-state index in [2.05, 4.69) is 41.5 Å². The molecular formula is C20H42. The van der Waals surface area contributed by atoms with Gasteiger partial charge < -0.3 is 0 Å². The molecular weight excluding hydrogens is 240 g/mol. The van der Waals surface area contributed by atoms with Gasteiger partial charge in [0.2, 0.25) is 0 Å². The zero-order chi connectivity index (χ0) is 15.4. The average molecular weight is 283 g/mol. The lowest BCUT2D eigenvalue weighted by Gasteiger charge is -2.14. The Morgan fingerprint density at radius 2 is 0.700 bits per heavy atom. The van der Waals surface area contributed by atoms with E-state index in [-0.39, 0.29) is 0 Å². The molecule has 0 aromatic heterocycles. The van der Waals surface area contributed by atoms with Gasteiger partial charge in [0.25, 0.3) is 0 Å². The third-order valence-electron chi connectivity index (χ3n) is 4.60. The van der Waals surface area contributed by atoms with Gasteiger partial charge in [0.15, 0.2) is 0 Å². The SMILES string of the molecule is CC(C)CCC[C@@H](C)CCCC[C@H](C)CCCC(C)C. The average Bonchev–Trinajstić information content (AvgIpc) is 2.33. The highest BCUT2D eigenvalue weighted by atomic mass is 14.1. The first-order chi connectivity index (χ1) is 9.41. The van der Waals surface area contributed by atoms with Crippen LogP contribution in [0.4, 0.5) is 0 Å². The van der Waals surface area contributed by atoms with Gasteiger partial charge in [-0.15, -0.1) is 0 Å². The Kier molecular flexibility index (Phi) is 12.7. The van der Waals surface area contributed by atoms with Crippen molar-refractivity contribution in [1.29, 1.82) is 0 Å². The summed E-state index contributed by atoms with van der Waals surface area (Å²) in [7, 11) is 0. The molecule has 0 saturated heterocycles. The molecule has 0 fully saturated rings. The molecule has 20 heavy (non-hydrogen) atoms. The highest BCUT2D eigenvalue weighted by Crippen LogP contribution is 2.21. The Bertz CT molecular complexity index is 170. The second kappa shape index (κ2) is 12.7. The molecule has 0 unspecified atom stereocenters. The normalized spacial score (nSPS) is 15.0. The largest absolute Gasteiger partial charge is 0.0628 e. The topological polar surface area (TPSA) is 0 Å². The monoisotopic (exact) mass is 282 g/mol. The molecule has 0 aromatic carbocycles. The van der Waals surface area contributed by atoms with Gasteiger partial charge in [0.1, 0.15) is 0 Å². The first-order valence-corrected chi connectivity index (χ1v) is 9.41. The van der Waals surface area contributed by atoms with Crippen molar-refractivity contribution in [1.82, 2.24) is 0 Å². The van der Waals surface area contributed by atoms with Gasteiger partial charge in [0, 0.05) is 0 Å². The lowest BCUT2D eigenvalue weighted by Crippen LogP contribution is -1.99. The Morgan fingerprint density at radius 3 is 1.00 bits per heavy atom. The standard InChI is InChI=1S/C20H42/c1-17(2)11-9-15-19(5)13-7-8-14-20(6)16-10-12-18(3)4/h17-20H,7-16H2,1-6H3/t19-,20-/m0/s1. The van der Waals surface area contributed by atoms with Gasteiger partial charge in [-0.05, 0) is 23.7 Å². The molecule has 0 amide bonds. The van der Waals surface area contributed by atoms with Gasteiger partial charge in [-0.1, -0.05) is 106 Å². The van der Waals surface area contributed by atoms with Crippen LogP contribution in [0.25, 0.3) is 0 Å². The van der Waals surface area contributed by atoms with Crippen molar-refractivity contribution in [2.24, 2.45) is 23.7 Å². The molecule has 0 heterocycles. The third-order valence-corrected chi connectivity index (χ3v) is 4.60. The van der Waals surface area contributed by atoms with Gasteiger partial charge >= 0.3 is 0 Å². The van der Waals surface area contributed by atoms with Crippen LogP contribution in [0.3, 0.4) is 0 Å². The van der Waals surface area contributed by atoms with E-state index in [1.54, 1.807) is 0 Å². The molecule has 2 atom stereocenters. The van der Waals surface area contributed by atoms with Crippen LogP contribution < -0.4 is 0 Å². The molecule has 0 N–H and O–H groups in total. The zero-order valence-corrected chi connectivity index (χ0v) is 15.4. The molecule has 0 rings (SSSR count). The lowest BCUT2D eigenvalue weighted by atomic mass is 9.92. The predicted molar refractivity (Wildman–Crippen MR) is 94.2 cm³/mol. The Labute approximate surface area is 130 Å². The van der Waals surface area contributed by atoms with E-state index in [4.69, 9.17) is 0 Å². The second-order valence-corrected chi connectivity index (χ2v) is 8.14. The highest BCUT2D eigenvalue weighted by Gasteiger charge is 2.06. The minimum Gasteiger partial charge on any atom is -0.0628 e. The third kappa shape index (κ3) is 14.4. The van der Waals surface area contributed by atoms with Gasteiger partial charge in [0.05, 0.1) is 0 Å². The van der Waals surface area contributed by atoms with Crippen molar-refractivity contribution in [3.8, 4) is 0 Å². The first kappa shape index (κ1) is 20.0. The highest BCUT2D eigenvalue weighted by molar-refractivity contribution is 4.59. The Balaban J connectivity index is 3.36. The van der Waals surface area contributed by atoms with E-state index in [9.17, 15) is 0 Å². The maximum Gasteiger partial charge on any atom is -0.0443 e. The van der Waals surface area contributed by atoms with Crippen LogP contribution in [0.2, 0.25) is 0 Å². The summed E-state index contributed by atoms with van der Waals surface area (Å²) < 4.78 is 0. The van der Waals surface area contributed by atoms with Crippen LogP contribution >= 0.6 is 0 Å². The Hall–Kier alpha value is 0. The fraction of sp³-hybridized carbons (Fsp3) is 1.00. The molecule has 0 saturated carbocycles. The van der Waals surface area contributed by atoms with E-state index in [0.29, 0.717) is 0 Å². The van der Waals surface area contributed by atoms with Crippen LogP contribution in [0.1, 0.15) is 106 Å². The lowest BCUT2D eigenvalue weighted by molar-refractivity contribution is 0.390. The molecule has 0 radical (unpaired) electrons. The molecule has 0 heteroatoms. The quantitative estimate of drug-likeness (QED) is 0.307. The molecule has 122 valence electrons. The first-order valence-electron chi connectivity index (χ1n) is 9.41. The maximum absolute atomic E-state index is 2.45. The van der Waals surface area contributed by atoms with E-state index < -0.39 is 0 Å². The summed E-state index contributed by atoms with van der Waals surface area (Å²) in [5.74, 6) is 3.66. The fourth-order valence-electron chi connectivity index (χ4n) is 3.02. The van der Waals surface area contributed by atoms with Crippen LogP contribution in [-0.2, 0) is 0 Å². The molecule has 0 aromatic rings. The number of rotatable bonds is 13. The van der Waals surface area contributed by atoms with Crippen molar-refractivity contribution in [3.63, 3.8) is 0 Å². The van der Waals surface area contributed by atoms with Crippen LogP contribution in [0.5, 0.6) is 0 Å². The van der Waals surface area contributed by atoms with Gasteiger partial charge in [-0.2, -0.15) is 0 Å². The van der Waals surface area contributed by atoms with Gasteiger partial charge in [-0.25, -0.2) is 0 Å². The van der Waals surface area contributed by atoms with Crippen molar-refractivity contribution < 1.29 is 0 Å². The predicted octanol–water partition coefficient (Wildman–Crippen LogP) is 7.47. The number of hydrogen-bond donors (Lipinski definition) is 0. The van der Waals surface area contributed by atoms with Crippen LogP contribution in [0.15, 0.2) is 0 Å². The van der Waals surface area contributed by atoms with Crippen molar-refractivity contribution in [3.05, 3.63) is 0 Å². The minimum absolute atomic E-state index is 0.883. The van der Waals surface area contributed by atoms with Crippen molar-refractivity contribution in [2.45, 2.75) is 106 Å². The fourth-order valence-corrected chi connectivity index (χ4v) is 3.02. The smallest absolute Gasteiger partial charge is 0.0443 e. The Morgan fingerprint density at radius 1 is 0.400 bits per heavy atom. The van der Waals surface area contributed by atoms with Crippen LogP contribution in [-0.4, -0.2) is 0 Å². The molecule has 0 spiro atoms. The number of unbranched alkanes of at least 4 members (excludes halogenated alkanes) is 1. The van der Waals surface area contributed by atoms with E-state index >= 15 is 0 Å². The molecule has 0 aliphatic carbocycles. The van der Waals surface area contributed by atoms with Gasteiger partial charge in [-0.3, -0.25) is 0 Å². The maximum atomic E-state index is 2.45. The van der Waals surface area contributed by atoms with E-state index in [1.165, 1.54) is 64.2 Å². The zero-order valence-electron chi connectivity index (χ0n) is 15.4. The molecule has 0 aliphatic rings. The molecule has 0 aliphatic heterocycles. The second-order valence-electron chi connectivity index (χ2n) is 8.14. The van der Waals surface area contributed by atoms with E-state index in [0.717, 1.165) is 23.7 Å². The summed E-state index contributed by atoms with van der Waals surface area (Å²) in [6.45, 7) is 14.3. The number of hydrogen-bond acceptors (Lipinski definition) is 0. The summed E-state index contributed by atoms with van der Waals surface area (Å²) in [4.78, 5) is 0. The molecule has 0 nitrogen and oxygen atoms in total. The van der Waals surface area contributed by atoms with Crippen molar-refractivity contribution >= 4 is 0 Å². The summed E-state index contributed by atoms with van der Waals surface area (Å²) in [6, 6.07) is 0. The van der Waals surface area contributed by atoms with Crippen LogP contribution in [0, 0.1) is 23.7 Å². The van der Waals surface area contributed by atoms with Crippen molar-refractivity contribution in [2.75, 3.05) is 0 Å². The van der Waals surface area contributed by atoms with E-state index in [1.807, 2.05) is 0 Å². The summed E-state index contributed by atoms with van der Waals surface area (Å²) >= 11 is 0. The summed E-state index contributed by atoms with van der Waals surface area (Å²) in [6.07, 6.45) is 14.4. The minimum atomic E-state index is 0.883. The molecule has 0 bridgehead atoms. The summed E-state index contributed by atoms with van der Waals surface area (Å²) in [5.41, 5.74) is 0. The summed E-state index contributed by atoms with van der Waals surface area (Å²) in [5, 5.41) is 0.